The molecule has 1 unspecified atom stereocenters. The molecule has 0 spiro atoms. The number of hydrogen-bond donors (Lipinski definition) is 2. The molecule has 0 bridgehead atoms. The lowest BCUT2D eigenvalue weighted by Gasteiger charge is -2.01. The van der Waals surface area contributed by atoms with E-state index in [1.165, 1.54) is 0 Å². The van der Waals surface area contributed by atoms with Gasteiger partial charge in [-0.1, -0.05) is 12.1 Å². The lowest BCUT2D eigenvalue weighted by atomic mass is 10.1. The van der Waals surface area contributed by atoms with Crippen molar-refractivity contribution in [1.29, 1.82) is 0 Å². The van der Waals surface area contributed by atoms with Gasteiger partial charge < -0.3 is 11.5 Å². The fraction of sp³-hybridized carbons (Fsp3) is 0. The topological polar surface area (TPSA) is 64.4 Å². The maximum atomic E-state index is 5.58. The molecule has 1 aromatic carbocycles. The van der Waals surface area contributed by atoms with Crippen molar-refractivity contribution in [3.05, 3.63) is 36.0 Å². The smallest absolute Gasteiger partial charge is 0.0659 e. The van der Waals surface area contributed by atoms with Crippen LogP contribution in [-0.2, 0) is 0 Å². The number of nitrogens with two attached hydrogens (primary N) is 2. The number of benzene rings is 1. The van der Waals surface area contributed by atoms with E-state index >= 15 is 0 Å². The first-order valence-corrected chi connectivity index (χ1v) is 8.00. The second kappa shape index (κ2) is 5.98. The summed E-state index contributed by atoms with van der Waals surface area (Å²) < 4.78 is 4.15. The molecule has 0 saturated heterocycles. The van der Waals surface area contributed by atoms with Crippen LogP contribution in [0.2, 0.25) is 0 Å². The number of nitrogens with zero attached hydrogens (tertiary/aromatic N) is 1. The zero-order valence-corrected chi connectivity index (χ0v) is 10.6. The van der Waals surface area contributed by atoms with Crippen molar-refractivity contribution in [2.45, 2.75) is 0 Å². The first-order valence-electron chi connectivity index (χ1n) is 3.94. The Balaban J connectivity index is 2.91. The Labute approximate surface area is 98.0 Å². The number of halogens is 1. The molecular weight excluding hydrogens is 308 g/mol. The Morgan fingerprint density at radius 2 is 2.00 bits per heavy atom. The first-order chi connectivity index (χ1) is 6.77. The van der Waals surface area contributed by atoms with Crippen LogP contribution in [0.25, 0.3) is 5.57 Å². The van der Waals surface area contributed by atoms with E-state index in [0.717, 1.165) is 16.8 Å². The molecule has 0 radical (unpaired) electrons. The van der Waals surface area contributed by atoms with Crippen molar-refractivity contribution in [2.24, 2.45) is 10.5 Å². The van der Waals surface area contributed by atoms with Crippen LogP contribution >= 0.6 is 28.4 Å². The minimum absolute atomic E-state index is 0.515. The summed E-state index contributed by atoms with van der Waals surface area (Å²) in [7, 11) is 0. The Hall–Kier alpha value is -0.610. The van der Waals surface area contributed by atoms with Crippen LogP contribution < -0.4 is 11.5 Å². The van der Waals surface area contributed by atoms with Crippen LogP contribution in [0.4, 0.5) is 5.69 Å². The van der Waals surface area contributed by atoms with Gasteiger partial charge in [-0.05, 0) is 39.7 Å². The second-order valence-electron chi connectivity index (χ2n) is 2.59. The minimum Gasteiger partial charge on any atom is -0.404 e. The Morgan fingerprint density at radius 3 is 2.50 bits per heavy atom. The van der Waals surface area contributed by atoms with E-state index < -0.39 is 0 Å². The van der Waals surface area contributed by atoms with Crippen LogP contribution in [0.1, 0.15) is 5.56 Å². The van der Waals surface area contributed by atoms with E-state index in [0.29, 0.717) is 6.37 Å². The van der Waals surface area contributed by atoms with Gasteiger partial charge in [-0.25, -0.2) is 0 Å². The van der Waals surface area contributed by atoms with E-state index in [2.05, 4.69) is 26.8 Å². The zero-order chi connectivity index (χ0) is 10.4. The van der Waals surface area contributed by atoms with Gasteiger partial charge in [-0.2, -0.15) is 0 Å². The predicted octanol–water partition coefficient (Wildman–Crippen LogP) is 2.58. The molecule has 0 aliphatic rings. The fourth-order valence-corrected chi connectivity index (χ4v) is 1.59. The van der Waals surface area contributed by atoms with Crippen molar-refractivity contribution >= 4 is 45.9 Å². The third-order valence-electron chi connectivity index (χ3n) is 1.68. The van der Waals surface area contributed by atoms with Crippen LogP contribution in [0, 0.1) is 0 Å². The zero-order valence-electron chi connectivity index (χ0n) is 7.44. The summed E-state index contributed by atoms with van der Waals surface area (Å²) in [6.45, 7) is 0. The molecule has 1 aromatic rings. The molecule has 0 amide bonds. The largest absolute Gasteiger partial charge is 0.404 e. The van der Waals surface area contributed by atoms with Crippen LogP contribution in [0.3, 0.4) is 0 Å². The number of rotatable bonds is 3. The van der Waals surface area contributed by atoms with Gasteiger partial charge in [0.15, 0.2) is 0 Å². The summed E-state index contributed by atoms with van der Waals surface area (Å²) in [5.41, 5.74) is 13.8. The van der Waals surface area contributed by atoms with E-state index in [1.807, 2.05) is 24.3 Å². The van der Waals surface area contributed by atoms with Gasteiger partial charge in [-0.3, -0.25) is 4.76 Å². The quantitative estimate of drug-likeness (QED) is 0.389. The molecule has 1 atom stereocenters. The lowest BCUT2D eigenvalue weighted by Crippen LogP contribution is -1.91. The van der Waals surface area contributed by atoms with E-state index in [4.69, 9.17) is 11.5 Å². The normalized spacial score (nSPS) is 13.1. The fourth-order valence-electron chi connectivity index (χ4n) is 0.983. The van der Waals surface area contributed by atoms with Gasteiger partial charge in [0.1, 0.15) is 0 Å². The summed E-state index contributed by atoms with van der Waals surface area (Å²) in [5.74, 6) is 0. The molecule has 14 heavy (non-hydrogen) atoms. The molecule has 5 heteroatoms. The van der Waals surface area contributed by atoms with Crippen molar-refractivity contribution in [2.75, 3.05) is 5.73 Å². The third kappa shape index (κ3) is 3.27. The van der Waals surface area contributed by atoms with Gasteiger partial charge in [0.2, 0.25) is 0 Å². The highest BCUT2D eigenvalue weighted by Gasteiger charge is 1.96. The van der Waals surface area contributed by atoms with Crippen molar-refractivity contribution in [3.8, 4) is 0 Å². The predicted molar refractivity (Wildman–Crippen MR) is 73.8 cm³/mol. The van der Waals surface area contributed by atoms with E-state index in [-0.39, 0.29) is 0 Å². The van der Waals surface area contributed by atoms with Crippen LogP contribution in [0.15, 0.2) is 35.2 Å². The monoisotopic (exact) mass is 319 g/mol. The SMILES string of the molecule is NC=C(C=NPI)c1ccc(N)cc1. The van der Waals surface area contributed by atoms with Crippen molar-refractivity contribution in [1.82, 2.24) is 0 Å². The van der Waals surface area contributed by atoms with E-state index in [9.17, 15) is 0 Å². The summed E-state index contributed by atoms with van der Waals surface area (Å²) in [5, 5.41) is 0. The Morgan fingerprint density at radius 1 is 1.36 bits per heavy atom. The molecule has 0 heterocycles. The summed E-state index contributed by atoms with van der Waals surface area (Å²) in [4.78, 5) is 0. The molecule has 0 aliphatic heterocycles. The maximum Gasteiger partial charge on any atom is 0.0659 e. The minimum atomic E-state index is 0.515. The van der Waals surface area contributed by atoms with Gasteiger partial charge in [-0.15, -0.1) is 0 Å². The van der Waals surface area contributed by atoms with E-state index in [1.54, 1.807) is 12.4 Å². The van der Waals surface area contributed by atoms with Gasteiger partial charge >= 0.3 is 0 Å². The molecule has 4 N–H and O–H groups in total. The molecule has 0 saturated carbocycles. The average Bonchev–Trinajstić information content (AvgIpc) is 2.21. The molecule has 0 fully saturated rings. The Bertz CT molecular complexity index is 346. The van der Waals surface area contributed by atoms with Crippen LogP contribution in [0.5, 0.6) is 0 Å². The summed E-state index contributed by atoms with van der Waals surface area (Å²) in [6.07, 6.45) is 3.84. The highest BCUT2D eigenvalue weighted by molar-refractivity contribution is 14.2. The molecule has 3 nitrogen and oxygen atoms in total. The molecule has 74 valence electrons. The van der Waals surface area contributed by atoms with Gasteiger partial charge in [0, 0.05) is 23.7 Å². The standard InChI is InChI=1S/C9H11IN3P/c10-14-13-6-8(5-11)7-1-3-9(12)4-2-7/h1-6,14H,11-12H2. The van der Waals surface area contributed by atoms with Gasteiger partial charge in [0.05, 0.1) is 6.37 Å². The van der Waals surface area contributed by atoms with Crippen LogP contribution in [-0.4, -0.2) is 6.21 Å². The number of nitrogen functional groups attached to an aromatic ring is 1. The highest BCUT2D eigenvalue weighted by atomic mass is 127. The average molecular weight is 319 g/mol. The number of hydrogen-bond acceptors (Lipinski definition) is 3. The summed E-state index contributed by atoms with van der Waals surface area (Å²) in [6, 6.07) is 7.55. The van der Waals surface area contributed by atoms with Crippen molar-refractivity contribution in [3.63, 3.8) is 0 Å². The first kappa shape index (κ1) is 11.5. The maximum absolute atomic E-state index is 5.58. The number of allylic oxidation sites excluding steroid dienone is 1. The Kier molecular flexibility index (Phi) is 4.90. The number of anilines is 1. The second-order valence-corrected chi connectivity index (χ2v) is 4.46. The van der Waals surface area contributed by atoms with Gasteiger partial charge in [0.25, 0.3) is 0 Å². The lowest BCUT2D eigenvalue weighted by molar-refractivity contribution is 1.57. The highest BCUT2D eigenvalue weighted by Crippen LogP contribution is 2.22. The third-order valence-corrected chi connectivity index (χ3v) is 2.74. The molecule has 1 rings (SSSR count). The molecular formula is C9H11IN3P. The molecule has 0 aromatic heterocycles. The molecule has 0 aliphatic carbocycles. The summed E-state index contributed by atoms with van der Waals surface area (Å²) >= 11 is 2.20. The van der Waals surface area contributed by atoms with Crippen molar-refractivity contribution < 1.29 is 0 Å².